The summed E-state index contributed by atoms with van der Waals surface area (Å²) in [5, 5.41) is 2.58. The van der Waals surface area contributed by atoms with E-state index >= 15 is 0 Å². The van der Waals surface area contributed by atoms with Crippen LogP contribution in [-0.2, 0) is 11.2 Å². The van der Waals surface area contributed by atoms with Crippen LogP contribution < -0.4 is 0 Å². The maximum atomic E-state index is 12.5. The van der Waals surface area contributed by atoms with E-state index < -0.39 is 0 Å². The van der Waals surface area contributed by atoms with Gasteiger partial charge in [-0.2, -0.15) is 0 Å². The minimum atomic E-state index is 0.147. The number of rotatable bonds is 3. The minimum absolute atomic E-state index is 0.147. The molecule has 0 bridgehead atoms. The highest BCUT2D eigenvalue weighted by atomic mass is 35.5. The molecule has 26 heavy (non-hydrogen) atoms. The van der Waals surface area contributed by atoms with Gasteiger partial charge in [0, 0.05) is 45.8 Å². The number of aromatic amines is 1. The van der Waals surface area contributed by atoms with Crippen LogP contribution in [0.2, 0.25) is 10.0 Å². The van der Waals surface area contributed by atoms with Crippen molar-refractivity contribution < 1.29 is 4.79 Å². The number of carbonyl (C=O) groups is 1. The molecule has 0 unspecified atom stereocenters. The Balaban J connectivity index is 1.47. The number of hydrogen-bond acceptors (Lipinski definition) is 1. The van der Waals surface area contributed by atoms with E-state index in [0.717, 1.165) is 29.1 Å². The van der Waals surface area contributed by atoms with Gasteiger partial charge >= 0.3 is 0 Å². The quantitative estimate of drug-likeness (QED) is 0.650. The van der Waals surface area contributed by atoms with Gasteiger partial charge in [0.25, 0.3) is 0 Å². The molecule has 0 aliphatic carbocycles. The van der Waals surface area contributed by atoms with Crippen molar-refractivity contribution >= 4 is 45.6 Å². The Bertz CT molecular complexity index is 989. The number of halogens is 2. The molecule has 1 aromatic heterocycles. The minimum Gasteiger partial charge on any atom is -0.361 e. The first-order valence-corrected chi connectivity index (χ1v) is 9.34. The first kappa shape index (κ1) is 17.2. The number of aromatic nitrogens is 1. The third-order valence-electron chi connectivity index (χ3n) is 4.82. The van der Waals surface area contributed by atoms with Crippen molar-refractivity contribution in [2.45, 2.75) is 12.8 Å². The Morgan fingerprint density at radius 1 is 1.08 bits per heavy atom. The molecule has 0 saturated heterocycles. The van der Waals surface area contributed by atoms with E-state index in [-0.39, 0.29) is 5.91 Å². The van der Waals surface area contributed by atoms with Crippen LogP contribution in [0.5, 0.6) is 0 Å². The van der Waals surface area contributed by atoms with Crippen LogP contribution >= 0.6 is 23.2 Å². The van der Waals surface area contributed by atoms with E-state index in [0.29, 0.717) is 18.0 Å². The molecule has 132 valence electrons. The summed E-state index contributed by atoms with van der Waals surface area (Å²) in [6.07, 6.45) is 5.44. The van der Waals surface area contributed by atoms with Gasteiger partial charge in [0.1, 0.15) is 0 Å². The molecule has 2 aromatic carbocycles. The van der Waals surface area contributed by atoms with Gasteiger partial charge in [0.05, 0.1) is 6.42 Å². The average molecular weight is 385 g/mol. The normalized spacial score (nSPS) is 14.5. The summed E-state index contributed by atoms with van der Waals surface area (Å²) < 4.78 is 0. The molecule has 0 saturated carbocycles. The number of benzene rings is 2. The van der Waals surface area contributed by atoms with Crippen molar-refractivity contribution in [2.24, 2.45) is 0 Å². The summed E-state index contributed by atoms with van der Waals surface area (Å²) >= 11 is 12.0. The lowest BCUT2D eigenvalue weighted by Crippen LogP contribution is -2.35. The molecule has 0 atom stereocenters. The van der Waals surface area contributed by atoms with Crippen molar-refractivity contribution in [3.8, 4) is 0 Å². The van der Waals surface area contributed by atoms with Crippen molar-refractivity contribution in [3.63, 3.8) is 0 Å². The van der Waals surface area contributed by atoms with Gasteiger partial charge < -0.3 is 9.88 Å². The van der Waals surface area contributed by atoms with Crippen LogP contribution in [0.4, 0.5) is 0 Å². The molecule has 5 heteroatoms. The van der Waals surface area contributed by atoms with Gasteiger partial charge in [-0.05, 0) is 41.8 Å². The molecule has 1 amide bonds. The third kappa shape index (κ3) is 3.50. The largest absolute Gasteiger partial charge is 0.361 e. The lowest BCUT2D eigenvalue weighted by molar-refractivity contribution is -0.130. The predicted octanol–water partition coefficient (Wildman–Crippen LogP) is 5.33. The van der Waals surface area contributed by atoms with Gasteiger partial charge in [-0.3, -0.25) is 4.79 Å². The lowest BCUT2D eigenvalue weighted by atomic mass is 9.98. The second-order valence-corrected chi connectivity index (χ2v) is 7.39. The number of amides is 1. The zero-order chi connectivity index (χ0) is 18.1. The molecule has 0 fully saturated rings. The van der Waals surface area contributed by atoms with Crippen molar-refractivity contribution in [1.29, 1.82) is 0 Å². The summed E-state index contributed by atoms with van der Waals surface area (Å²) in [5.74, 6) is 0.147. The Morgan fingerprint density at radius 2 is 1.85 bits per heavy atom. The van der Waals surface area contributed by atoms with Gasteiger partial charge in [-0.25, -0.2) is 0 Å². The van der Waals surface area contributed by atoms with Crippen LogP contribution in [0.25, 0.3) is 16.5 Å². The first-order chi connectivity index (χ1) is 12.6. The predicted molar refractivity (Wildman–Crippen MR) is 108 cm³/mol. The maximum absolute atomic E-state index is 12.5. The summed E-state index contributed by atoms with van der Waals surface area (Å²) in [6, 6.07) is 13.3. The fourth-order valence-electron chi connectivity index (χ4n) is 3.39. The zero-order valence-electron chi connectivity index (χ0n) is 14.1. The fourth-order valence-corrected chi connectivity index (χ4v) is 3.69. The van der Waals surface area contributed by atoms with Crippen LogP contribution in [0, 0.1) is 0 Å². The maximum Gasteiger partial charge on any atom is 0.227 e. The van der Waals surface area contributed by atoms with E-state index in [1.165, 1.54) is 16.5 Å². The summed E-state index contributed by atoms with van der Waals surface area (Å²) in [4.78, 5) is 17.7. The van der Waals surface area contributed by atoms with Gasteiger partial charge in [0.2, 0.25) is 5.91 Å². The number of nitrogens with one attached hydrogen (secondary N) is 1. The summed E-state index contributed by atoms with van der Waals surface area (Å²) in [7, 11) is 0. The van der Waals surface area contributed by atoms with Crippen LogP contribution in [-0.4, -0.2) is 28.9 Å². The fraction of sp³-hybridized carbons (Fsp3) is 0.190. The van der Waals surface area contributed by atoms with Gasteiger partial charge in [-0.1, -0.05) is 47.5 Å². The van der Waals surface area contributed by atoms with Crippen LogP contribution in [0.3, 0.4) is 0 Å². The van der Waals surface area contributed by atoms with Crippen molar-refractivity contribution in [3.05, 3.63) is 75.9 Å². The SMILES string of the molecule is O=C(Cc1ccc(Cl)cc1)N1CC=C(c2c[nH]c3cc(Cl)ccc23)CC1. The summed E-state index contributed by atoms with van der Waals surface area (Å²) in [5.41, 5.74) is 4.49. The molecule has 2 heterocycles. The summed E-state index contributed by atoms with van der Waals surface area (Å²) in [6.45, 7) is 1.38. The highest BCUT2D eigenvalue weighted by molar-refractivity contribution is 6.31. The van der Waals surface area contributed by atoms with E-state index in [4.69, 9.17) is 23.2 Å². The third-order valence-corrected chi connectivity index (χ3v) is 5.31. The molecular formula is C21H18Cl2N2O. The Hall–Kier alpha value is -2.23. The van der Waals surface area contributed by atoms with Crippen LogP contribution in [0.1, 0.15) is 17.5 Å². The zero-order valence-corrected chi connectivity index (χ0v) is 15.6. The average Bonchev–Trinajstić information content (AvgIpc) is 3.06. The molecule has 3 aromatic rings. The highest BCUT2D eigenvalue weighted by Gasteiger charge is 2.19. The smallest absolute Gasteiger partial charge is 0.227 e. The number of nitrogens with zero attached hydrogens (tertiary/aromatic N) is 1. The molecule has 0 spiro atoms. The second-order valence-electron chi connectivity index (χ2n) is 6.51. The van der Waals surface area contributed by atoms with Gasteiger partial charge in [0.15, 0.2) is 0 Å². The molecule has 0 radical (unpaired) electrons. The first-order valence-electron chi connectivity index (χ1n) is 8.58. The van der Waals surface area contributed by atoms with E-state index in [1.807, 2.05) is 53.6 Å². The number of hydrogen-bond donors (Lipinski definition) is 1. The topological polar surface area (TPSA) is 36.1 Å². The van der Waals surface area contributed by atoms with Crippen LogP contribution in [0.15, 0.2) is 54.7 Å². The monoisotopic (exact) mass is 384 g/mol. The van der Waals surface area contributed by atoms with E-state index in [1.54, 1.807) is 0 Å². The van der Waals surface area contributed by atoms with E-state index in [2.05, 4.69) is 11.1 Å². The second kappa shape index (κ2) is 7.18. The Kier molecular flexibility index (Phi) is 4.75. The molecule has 1 N–H and O–H groups in total. The highest BCUT2D eigenvalue weighted by Crippen LogP contribution is 2.30. The molecular weight excluding hydrogens is 367 g/mol. The number of fused-ring (bicyclic) bond motifs is 1. The standard InChI is InChI=1S/C21H18Cl2N2O/c22-16-3-1-14(2-4-16)11-21(26)25-9-7-15(8-10-25)19-13-24-20-12-17(23)5-6-18(19)20/h1-7,12-13,24H,8-11H2. The molecule has 1 aliphatic heterocycles. The molecule has 3 nitrogen and oxygen atoms in total. The van der Waals surface area contributed by atoms with E-state index in [9.17, 15) is 4.79 Å². The molecule has 4 rings (SSSR count). The number of H-pyrrole nitrogens is 1. The van der Waals surface area contributed by atoms with Gasteiger partial charge in [-0.15, -0.1) is 0 Å². The lowest BCUT2D eigenvalue weighted by Gasteiger charge is -2.26. The van der Waals surface area contributed by atoms with Crippen molar-refractivity contribution in [2.75, 3.05) is 13.1 Å². The number of carbonyl (C=O) groups excluding carboxylic acids is 1. The molecule has 1 aliphatic rings. The Labute approximate surface area is 162 Å². The van der Waals surface area contributed by atoms with Crippen molar-refractivity contribution in [1.82, 2.24) is 9.88 Å². The Morgan fingerprint density at radius 3 is 2.58 bits per heavy atom.